The highest BCUT2D eigenvalue weighted by atomic mass is 16.3. The lowest BCUT2D eigenvalue weighted by atomic mass is 10.1. The topological polar surface area (TPSA) is 38.0 Å². The molecule has 0 saturated heterocycles. The molecule has 78 valence electrons. The van der Waals surface area contributed by atoms with E-state index in [2.05, 4.69) is 12.0 Å². The smallest absolute Gasteiger partial charge is 0.0823 e. The van der Waals surface area contributed by atoms with Crippen LogP contribution in [0.3, 0.4) is 0 Å². The Hall–Kier alpha value is -0.830. The highest BCUT2D eigenvalue weighted by molar-refractivity contribution is 5.08. The zero-order valence-electron chi connectivity index (χ0n) is 8.69. The van der Waals surface area contributed by atoms with Gasteiger partial charge in [-0.1, -0.05) is 19.8 Å². The van der Waals surface area contributed by atoms with E-state index in [1.165, 1.54) is 12.8 Å². The molecule has 1 aliphatic carbocycles. The van der Waals surface area contributed by atoms with E-state index in [1.807, 2.05) is 10.9 Å². The molecule has 1 aromatic rings. The van der Waals surface area contributed by atoms with E-state index >= 15 is 0 Å². The largest absolute Gasteiger partial charge is 0.388 e. The van der Waals surface area contributed by atoms with E-state index in [1.54, 1.807) is 6.20 Å². The van der Waals surface area contributed by atoms with Crippen molar-refractivity contribution < 1.29 is 5.11 Å². The molecular weight excluding hydrogens is 176 g/mol. The average Bonchev–Trinajstić information content (AvgIpc) is 2.83. The van der Waals surface area contributed by atoms with Crippen molar-refractivity contribution in [3.05, 3.63) is 18.0 Å². The van der Waals surface area contributed by atoms with Crippen molar-refractivity contribution in [3.8, 4) is 0 Å². The van der Waals surface area contributed by atoms with Crippen LogP contribution in [-0.4, -0.2) is 14.9 Å². The molecule has 1 atom stereocenters. The first-order chi connectivity index (χ1) is 6.79. The van der Waals surface area contributed by atoms with Crippen LogP contribution in [0.25, 0.3) is 0 Å². The van der Waals surface area contributed by atoms with Gasteiger partial charge in [0, 0.05) is 18.3 Å². The van der Waals surface area contributed by atoms with Gasteiger partial charge in [-0.25, -0.2) is 0 Å². The van der Waals surface area contributed by atoms with Crippen LogP contribution in [-0.2, 0) is 6.54 Å². The van der Waals surface area contributed by atoms with Crippen molar-refractivity contribution in [2.45, 2.75) is 45.3 Å². The van der Waals surface area contributed by atoms with Gasteiger partial charge < -0.3 is 5.11 Å². The number of aliphatic hydroxyl groups is 1. The Morgan fingerprint density at radius 1 is 1.64 bits per heavy atom. The van der Waals surface area contributed by atoms with Crippen molar-refractivity contribution in [1.29, 1.82) is 0 Å². The molecule has 3 nitrogen and oxygen atoms in total. The van der Waals surface area contributed by atoms with Crippen LogP contribution in [0, 0.1) is 5.92 Å². The monoisotopic (exact) mass is 194 g/mol. The molecule has 1 unspecified atom stereocenters. The lowest BCUT2D eigenvalue weighted by molar-refractivity contribution is 0.160. The summed E-state index contributed by atoms with van der Waals surface area (Å²) in [6.45, 7) is 3.07. The van der Waals surface area contributed by atoms with Gasteiger partial charge in [-0.05, 0) is 18.8 Å². The summed E-state index contributed by atoms with van der Waals surface area (Å²) in [6, 6.07) is 0. The summed E-state index contributed by atoms with van der Waals surface area (Å²) in [5.74, 6) is 0.763. The SMILES string of the molecule is CCCn1cc(C(O)CC2CC2)cn1. The summed E-state index contributed by atoms with van der Waals surface area (Å²) >= 11 is 0. The molecule has 1 aromatic heterocycles. The summed E-state index contributed by atoms with van der Waals surface area (Å²) in [5, 5.41) is 14.1. The minimum absolute atomic E-state index is 0.298. The second-order valence-corrected chi connectivity index (χ2v) is 4.23. The van der Waals surface area contributed by atoms with E-state index in [0.29, 0.717) is 0 Å². The molecule has 0 aromatic carbocycles. The minimum atomic E-state index is -0.298. The minimum Gasteiger partial charge on any atom is -0.388 e. The highest BCUT2D eigenvalue weighted by Gasteiger charge is 2.25. The molecular formula is C11H18N2O. The van der Waals surface area contributed by atoms with Crippen molar-refractivity contribution >= 4 is 0 Å². The van der Waals surface area contributed by atoms with Crippen LogP contribution in [0.5, 0.6) is 0 Å². The zero-order chi connectivity index (χ0) is 9.97. The van der Waals surface area contributed by atoms with Gasteiger partial charge in [0.1, 0.15) is 0 Å². The van der Waals surface area contributed by atoms with Gasteiger partial charge in [-0.3, -0.25) is 4.68 Å². The van der Waals surface area contributed by atoms with E-state index in [4.69, 9.17) is 0 Å². The van der Waals surface area contributed by atoms with Gasteiger partial charge in [-0.15, -0.1) is 0 Å². The second-order valence-electron chi connectivity index (χ2n) is 4.23. The van der Waals surface area contributed by atoms with Gasteiger partial charge in [0.2, 0.25) is 0 Å². The predicted molar refractivity (Wildman–Crippen MR) is 54.8 cm³/mol. The Balaban J connectivity index is 1.92. The number of aryl methyl sites for hydroxylation is 1. The number of aliphatic hydroxyl groups excluding tert-OH is 1. The maximum Gasteiger partial charge on any atom is 0.0823 e. The fourth-order valence-corrected chi connectivity index (χ4v) is 1.71. The molecule has 1 saturated carbocycles. The molecule has 0 bridgehead atoms. The quantitative estimate of drug-likeness (QED) is 0.779. The molecule has 1 fully saturated rings. The average molecular weight is 194 g/mol. The van der Waals surface area contributed by atoms with Crippen molar-refractivity contribution in [1.82, 2.24) is 9.78 Å². The number of rotatable bonds is 5. The molecule has 3 heteroatoms. The molecule has 0 radical (unpaired) electrons. The Morgan fingerprint density at radius 2 is 2.43 bits per heavy atom. The second kappa shape index (κ2) is 4.13. The lowest BCUT2D eigenvalue weighted by Gasteiger charge is -2.05. The maximum atomic E-state index is 9.86. The molecule has 1 N–H and O–H groups in total. The lowest BCUT2D eigenvalue weighted by Crippen LogP contribution is -1.98. The highest BCUT2D eigenvalue weighted by Crippen LogP contribution is 2.37. The molecule has 2 rings (SSSR count). The standard InChI is InChI=1S/C11H18N2O/c1-2-5-13-8-10(7-12-13)11(14)6-9-3-4-9/h7-9,11,14H,2-6H2,1H3. The summed E-state index contributed by atoms with van der Waals surface area (Å²) < 4.78 is 1.91. The number of aromatic nitrogens is 2. The first-order valence-electron chi connectivity index (χ1n) is 5.50. The van der Waals surface area contributed by atoms with E-state index in [0.717, 1.165) is 30.9 Å². The Kier molecular flexibility index (Phi) is 2.87. The first-order valence-corrected chi connectivity index (χ1v) is 5.50. The first kappa shape index (κ1) is 9.71. The number of hydrogen-bond donors (Lipinski definition) is 1. The van der Waals surface area contributed by atoms with Gasteiger partial charge in [0.25, 0.3) is 0 Å². The molecule has 1 heterocycles. The van der Waals surface area contributed by atoms with Crippen LogP contribution in [0.15, 0.2) is 12.4 Å². The molecule has 0 aliphatic heterocycles. The van der Waals surface area contributed by atoms with E-state index in [9.17, 15) is 5.11 Å². The Morgan fingerprint density at radius 3 is 3.07 bits per heavy atom. The van der Waals surface area contributed by atoms with E-state index < -0.39 is 0 Å². The number of hydrogen-bond acceptors (Lipinski definition) is 2. The number of nitrogens with zero attached hydrogens (tertiary/aromatic N) is 2. The third-order valence-electron chi connectivity index (χ3n) is 2.74. The third-order valence-corrected chi connectivity index (χ3v) is 2.74. The van der Waals surface area contributed by atoms with Crippen LogP contribution in [0.1, 0.15) is 44.3 Å². The summed E-state index contributed by atoms with van der Waals surface area (Å²) in [4.78, 5) is 0. The summed E-state index contributed by atoms with van der Waals surface area (Å²) in [5.41, 5.74) is 0.977. The van der Waals surface area contributed by atoms with Crippen molar-refractivity contribution in [2.75, 3.05) is 0 Å². The van der Waals surface area contributed by atoms with Gasteiger partial charge in [0.05, 0.1) is 12.3 Å². The fourth-order valence-electron chi connectivity index (χ4n) is 1.71. The molecule has 0 amide bonds. The van der Waals surface area contributed by atoms with Crippen LogP contribution in [0.4, 0.5) is 0 Å². The van der Waals surface area contributed by atoms with Gasteiger partial charge in [0.15, 0.2) is 0 Å². The zero-order valence-corrected chi connectivity index (χ0v) is 8.69. The van der Waals surface area contributed by atoms with Crippen LogP contribution < -0.4 is 0 Å². The predicted octanol–water partition coefficient (Wildman–Crippen LogP) is 2.13. The molecule has 14 heavy (non-hydrogen) atoms. The molecule has 0 spiro atoms. The third kappa shape index (κ3) is 2.35. The summed E-state index contributed by atoms with van der Waals surface area (Å²) in [7, 11) is 0. The van der Waals surface area contributed by atoms with E-state index in [-0.39, 0.29) is 6.10 Å². The van der Waals surface area contributed by atoms with Crippen molar-refractivity contribution in [3.63, 3.8) is 0 Å². The van der Waals surface area contributed by atoms with Gasteiger partial charge >= 0.3 is 0 Å². The maximum absolute atomic E-state index is 9.86. The van der Waals surface area contributed by atoms with Crippen LogP contribution >= 0.6 is 0 Å². The van der Waals surface area contributed by atoms with Crippen LogP contribution in [0.2, 0.25) is 0 Å². The Bertz CT molecular complexity index is 291. The molecule has 1 aliphatic rings. The summed E-state index contributed by atoms with van der Waals surface area (Å²) in [6.07, 6.45) is 8.05. The normalized spacial score (nSPS) is 18.4. The van der Waals surface area contributed by atoms with Gasteiger partial charge in [-0.2, -0.15) is 5.10 Å². The Labute approximate surface area is 84.7 Å². The van der Waals surface area contributed by atoms with Crippen molar-refractivity contribution in [2.24, 2.45) is 5.92 Å². The fraction of sp³-hybridized carbons (Fsp3) is 0.727.